The Hall–Kier alpha value is -2.34. The van der Waals surface area contributed by atoms with Crippen LogP contribution in [0.4, 0.5) is 0 Å². The predicted molar refractivity (Wildman–Crippen MR) is 86.5 cm³/mol. The molecule has 6 heteroatoms. The second-order valence-corrected chi connectivity index (χ2v) is 6.99. The van der Waals surface area contributed by atoms with Gasteiger partial charge < -0.3 is 9.47 Å². The van der Waals surface area contributed by atoms with Crippen LogP contribution in [0, 0.1) is 0 Å². The van der Waals surface area contributed by atoms with Gasteiger partial charge in [-0.25, -0.2) is 13.2 Å². The molecule has 2 aromatic carbocycles. The van der Waals surface area contributed by atoms with Crippen LogP contribution < -0.4 is 4.74 Å². The molecule has 0 aliphatic rings. The van der Waals surface area contributed by atoms with Gasteiger partial charge in [0.05, 0.1) is 24.2 Å². The number of esters is 1. The third-order valence-corrected chi connectivity index (χ3v) is 4.44. The SMILES string of the molecule is COc1ccc(CCOC(=O)c2ccccc2S(C)(=O)=O)cc1. The fourth-order valence-electron chi connectivity index (χ4n) is 2.09. The molecule has 0 fully saturated rings. The number of hydrogen-bond donors (Lipinski definition) is 0. The molecule has 0 unspecified atom stereocenters. The molecule has 5 nitrogen and oxygen atoms in total. The van der Waals surface area contributed by atoms with Crippen molar-refractivity contribution in [2.75, 3.05) is 20.0 Å². The topological polar surface area (TPSA) is 69.7 Å². The van der Waals surface area contributed by atoms with Crippen molar-refractivity contribution in [2.24, 2.45) is 0 Å². The lowest BCUT2D eigenvalue weighted by atomic mass is 10.1. The van der Waals surface area contributed by atoms with Crippen LogP contribution in [0.5, 0.6) is 5.75 Å². The predicted octanol–water partition coefficient (Wildman–Crippen LogP) is 2.50. The van der Waals surface area contributed by atoms with Crippen molar-refractivity contribution < 1.29 is 22.7 Å². The number of ether oxygens (including phenoxy) is 2. The molecular weight excluding hydrogens is 316 g/mol. The van der Waals surface area contributed by atoms with Crippen LogP contribution in [0.15, 0.2) is 53.4 Å². The largest absolute Gasteiger partial charge is 0.497 e. The summed E-state index contributed by atoms with van der Waals surface area (Å²) in [5, 5.41) is 0. The zero-order valence-corrected chi connectivity index (χ0v) is 13.8. The van der Waals surface area contributed by atoms with E-state index < -0.39 is 15.8 Å². The standard InChI is InChI=1S/C17H18O5S/c1-21-14-9-7-13(8-10-14)11-12-22-17(18)15-5-3-4-6-16(15)23(2,19)20/h3-10H,11-12H2,1-2H3. The van der Waals surface area contributed by atoms with Crippen LogP contribution in [-0.4, -0.2) is 34.4 Å². The van der Waals surface area contributed by atoms with E-state index in [0.717, 1.165) is 17.6 Å². The molecule has 0 N–H and O–H groups in total. The summed E-state index contributed by atoms with van der Waals surface area (Å²) < 4.78 is 33.7. The van der Waals surface area contributed by atoms with E-state index in [9.17, 15) is 13.2 Å². The van der Waals surface area contributed by atoms with Gasteiger partial charge in [0.1, 0.15) is 5.75 Å². The Balaban J connectivity index is 2.00. The summed E-state index contributed by atoms with van der Waals surface area (Å²) in [6.07, 6.45) is 1.60. The lowest BCUT2D eigenvalue weighted by Gasteiger charge is -2.08. The first-order valence-corrected chi connectivity index (χ1v) is 8.90. The van der Waals surface area contributed by atoms with E-state index in [0.29, 0.717) is 6.42 Å². The number of methoxy groups -OCH3 is 1. The summed E-state index contributed by atoms with van der Waals surface area (Å²) in [7, 11) is -1.88. The summed E-state index contributed by atoms with van der Waals surface area (Å²) in [4.78, 5) is 12.1. The van der Waals surface area contributed by atoms with Crippen molar-refractivity contribution in [2.45, 2.75) is 11.3 Å². The lowest BCUT2D eigenvalue weighted by Crippen LogP contribution is -2.12. The Morgan fingerprint density at radius 1 is 1.04 bits per heavy atom. The Kier molecular flexibility index (Phi) is 5.39. The fourth-order valence-corrected chi connectivity index (χ4v) is 2.97. The second-order valence-electron chi connectivity index (χ2n) is 5.00. The molecule has 0 bridgehead atoms. The maximum atomic E-state index is 12.1. The number of sulfone groups is 1. The third-order valence-electron chi connectivity index (χ3n) is 3.29. The highest BCUT2D eigenvalue weighted by Gasteiger charge is 2.19. The van der Waals surface area contributed by atoms with Crippen LogP contribution in [0.25, 0.3) is 0 Å². The molecule has 0 radical (unpaired) electrons. The summed E-state index contributed by atoms with van der Waals surface area (Å²) in [6, 6.07) is 13.5. The van der Waals surface area contributed by atoms with Gasteiger partial charge in [-0.05, 0) is 29.8 Å². The quantitative estimate of drug-likeness (QED) is 0.759. The van der Waals surface area contributed by atoms with Crippen LogP contribution >= 0.6 is 0 Å². The van der Waals surface area contributed by atoms with Crippen molar-refractivity contribution in [3.05, 3.63) is 59.7 Å². The van der Waals surface area contributed by atoms with Gasteiger partial charge in [0, 0.05) is 12.7 Å². The zero-order chi connectivity index (χ0) is 16.9. The molecule has 23 heavy (non-hydrogen) atoms. The molecule has 0 spiro atoms. The van der Waals surface area contributed by atoms with Gasteiger partial charge in [-0.1, -0.05) is 24.3 Å². The van der Waals surface area contributed by atoms with Gasteiger partial charge in [-0.3, -0.25) is 0 Å². The summed E-state index contributed by atoms with van der Waals surface area (Å²) in [6.45, 7) is 0.170. The number of rotatable bonds is 6. The van der Waals surface area contributed by atoms with E-state index in [1.807, 2.05) is 24.3 Å². The molecule has 0 amide bonds. The lowest BCUT2D eigenvalue weighted by molar-refractivity contribution is 0.0504. The number of benzene rings is 2. The first-order chi connectivity index (χ1) is 10.9. The fraction of sp³-hybridized carbons (Fsp3) is 0.235. The van der Waals surface area contributed by atoms with Gasteiger partial charge in [0.15, 0.2) is 9.84 Å². The molecule has 122 valence electrons. The Bertz CT molecular complexity index is 779. The Morgan fingerprint density at radius 2 is 1.70 bits per heavy atom. The van der Waals surface area contributed by atoms with Crippen LogP contribution in [0.1, 0.15) is 15.9 Å². The maximum Gasteiger partial charge on any atom is 0.339 e. The molecule has 0 aliphatic heterocycles. The molecule has 0 aliphatic carbocycles. The van der Waals surface area contributed by atoms with E-state index in [4.69, 9.17) is 9.47 Å². The van der Waals surface area contributed by atoms with Crippen LogP contribution in [-0.2, 0) is 21.0 Å². The molecule has 0 atom stereocenters. The molecule has 0 heterocycles. The van der Waals surface area contributed by atoms with Crippen LogP contribution in [0.2, 0.25) is 0 Å². The Morgan fingerprint density at radius 3 is 2.30 bits per heavy atom. The van der Waals surface area contributed by atoms with Gasteiger partial charge in [-0.15, -0.1) is 0 Å². The monoisotopic (exact) mass is 334 g/mol. The van der Waals surface area contributed by atoms with Crippen molar-refractivity contribution in [3.63, 3.8) is 0 Å². The van der Waals surface area contributed by atoms with E-state index in [-0.39, 0.29) is 17.1 Å². The normalized spacial score (nSPS) is 11.0. The number of carbonyl (C=O) groups is 1. The van der Waals surface area contributed by atoms with Crippen molar-refractivity contribution >= 4 is 15.8 Å². The van der Waals surface area contributed by atoms with Gasteiger partial charge >= 0.3 is 5.97 Å². The molecular formula is C17H18O5S. The minimum atomic E-state index is -3.48. The molecule has 0 aromatic heterocycles. The summed E-state index contributed by atoms with van der Waals surface area (Å²) >= 11 is 0. The van der Waals surface area contributed by atoms with Gasteiger partial charge in [0.2, 0.25) is 0 Å². The van der Waals surface area contributed by atoms with Crippen LogP contribution in [0.3, 0.4) is 0 Å². The number of hydrogen-bond acceptors (Lipinski definition) is 5. The van der Waals surface area contributed by atoms with Crippen molar-refractivity contribution in [3.8, 4) is 5.75 Å². The smallest absolute Gasteiger partial charge is 0.339 e. The zero-order valence-electron chi connectivity index (χ0n) is 13.0. The highest BCUT2D eigenvalue weighted by Crippen LogP contribution is 2.17. The molecule has 2 rings (SSSR count). The first kappa shape index (κ1) is 17.0. The van der Waals surface area contributed by atoms with Gasteiger partial charge in [-0.2, -0.15) is 0 Å². The van der Waals surface area contributed by atoms with E-state index >= 15 is 0 Å². The molecule has 0 saturated carbocycles. The number of carbonyl (C=O) groups excluding carboxylic acids is 1. The third kappa shape index (κ3) is 4.56. The molecule has 2 aromatic rings. The summed E-state index contributed by atoms with van der Waals surface area (Å²) in [5.74, 6) is 0.118. The van der Waals surface area contributed by atoms with Crippen molar-refractivity contribution in [1.29, 1.82) is 0 Å². The van der Waals surface area contributed by atoms with E-state index in [1.54, 1.807) is 19.2 Å². The average Bonchev–Trinajstić information content (AvgIpc) is 2.54. The van der Waals surface area contributed by atoms with Crippen molar-refractivity contribution in [1.82, 2.24) is 0 Å². The minimum absolute atomic E-state index is 0.0190. The highest BCUT2D eigenvalue weighted by molar-refractivity contribution is 7.90. The highest BCUT2D eigenvalue weighted by atomic mass is 32.2. The second kappa shape index (κ2) is 7.28. The summed E-state index contributed by atoms with van der Waals surface area (Å²) in [5.41, 5.74) is 1.06. The maximum absolute atomic E-state index is 12.1. The first-order valence-electron chi connectivity index (χ1n) is 7.01. The average molecular weight is 334 g/mol. The minimum Gasteiger partial charge on any atom is -0.497 e. The van der Waals surface area contributed by atoms with E-state index in [1.165, 1.54) is 12.1 Å². The van der Waals surface area contributed by atoms with Gasteiger partial charge in [0.25, 0.3) is 0 Å². The molecule has 0 saturated heterocycles. The van der Waals surface area contributed by atoms with E-state index in [2.05, 4.69) is 0 Å². The Labute approximate surface area is 135 Å².